The largest absolute Gasteiger partial charge is 0.480 e. The Morgan fingerprint density at radius 3 is 2.43 bits per heavy atom. The van der Waals surface area contributed by atoms with Crippen LogP contribution in [0.4, 0.5) is 0 Å². The summed E-state index contributed by atoms with van der Waals surface area (Å²) >= 11 is 0. The van der Waals surface area contributed by atoms with Crippen LogP contribution in [0.5, 0.6) is 5.75 Å². The van der Waals surface area contributed by atoms with E-state index in [1.165, 1.54) is 41.5 Å². The first-order valence-electron chi connectivity index (χ1n) is 10.7. The second-order valence-corrected chi connectivity index (χ2v) is 7.99. The molecule has 1 aliphatic carbocycles. The van der Waals surface area contributed by atoms with Gasteiger partial charge in [0, 0.05) is 0 Å². The van der Waals surface area contributed by atoms with Crippen LogP contribution in [-0.2, 0) is 17.6 Å². The molecule has 0 spiro atoms. The third kappa shape index (κ3) is 4.76. The molecule has 3 nitrogen and oxygen atoms in total. The normalized spacial score (nSPS) is 15.4. The van der Waals surface area contributed by atoms with E-state index in [4.69, 9.17) is 4.74 Å². The van der Waals surface area contributed by atoms with Gasteiger partial charge in [0.15, 0.2) is 6.10 Å². The van der Waals surface area contributed by atoms with Crippen molar-refractivity contribution in [2.45, 2.75) is 78.4 Å². The Morgan fingerprint density at radius 2 is 1.75 bits per heavy atom. The molecule has 2 unspecified atom stereocenters. The summed E-state index contributed by atoms with van der Waals surface area (Å²) in [5.41, 5.74) is 6.39. The van der Waals surface area contributed by atoms with Gasteiger partial charge in [0.25, 0.3) is 5.91 Å². The maximum atomic E-state index is 13.0. The van der Waals surface area contributed by atoms with Crippen LogP contribution in [0.25, 0.3) is 0 Å². The van der Waals surface area contributed by atoms with E-state index in [-0.39, 0.29) is 11.9 Å². The van der Waals surface area contributed by atoms with E-state index in [1.54, 1.807) is 0 Å². The van der Waals surface area contributed by atoms with E-state index in [0.29, 0.717) is 6.42 Å². The van der Waals surface area contributed by atoms with E-state index >= 15 is 0 Å². The topological polar surface area (TPSA) is 38.3 Å². The molecule has 0 radical (unpaired) electrons. The van der Waals surface area contributed by atoms with E-state index < -0.39 is 6.10 Å². The second kappa shape index (κ2) is 9.27. The van der Waals surface area contributed by atoms with Crippen LogP contribution in [0.2, 0.25) is 0 Å². The molecule has 3 rings (SSSR count). The summed E-state index contributed by atoms with van der Waals surface area (Å²) in [4.78, 5) is 13.0. The number of rotatable bonds is 7. The van der Waals surface area contributed by atoms with Crippen LogP contribution in [0.3, 0.4) is 0 Å². The van der Waals surface area contributed by atoms with E-state index in [1.807, 2.05) is 26.0 Å². The molecular weight excluding hydrogens is 346 g/mol. The van der Waals surface area contributed by atoms with Crippen molar-refractivity contribution in [1.82, 2.24) is 5.32 Å². The number of nitrogens with one attached hydrogen (secondary N) is 1. The Kier molecular flexibility index (Phi) is 6.77. The summed E-state index contributed by atoms with van der Waals surface area (Å²) in [6, 6.07) is 12.8. The molecule has 28 heavy (non-hydrogen) atoms. The van der Waals surface area contributed by atoms with Gasteiger partial charge in [-0.15, -0.1) is 0 Å². The third-order valence-corrected chi connectivity index (χ3v) is 5.76. The summed E-state index contributed by atoms with van der Waals surface area (Å²) in [6.07, 6.45) is 5.91. The molecule has 2 atom stereocenters. The van der Waals surface area contributed by atoms with Crippen molar-refractivity contribution in [3.05, 3.63) is 64.2 Å². The fourth-order valence-electron chi connectivity index (χ4n) is 4.06. The molecule has 0 aliphatic heterocycles. The summed E-state index contributed by atoms with van der Waals surface area (Å²) in [5.74, 6) is 0.751. The van der Waals surface area contributed by atoms with Gasteiger partial charge in [-0.05, 0) is 80.7 Å². The minimum atomic E-state index is -0.479. The minimum absolute atomic E-state index is 0.0245. The molecule has 0 saturated heterocycles. The highest BCUT2D eigenvalue weighted by Crippen LogP contribution is 2.27. The molecule has 2 aromatic rings. The number of carbonyl (C=O) groups is 1. The van der Waals surface area contributed by atoms with Gasteiger partial charge >= 0.3 is 0 Å². The van der Waals surface area contributed by atoms with Gasteiger partial charge in [0.1, 0.15) is 5.75 Å². The number of hydrogen-bond donors (Lipinski definition) is 1. The Bertz CT molecular complexity index is 827. The fourth-order valence-corrected chi connectivity index (χ4v) is 4.06. The van der Waals surface area contributed by atoms with Gasteiger partial charge in [-0.2, -0.15) is 0 Å². The monoisotopic (exact) mass is 379 g/mol. The maximum absolute atomic E-state index is 13.0. The lowest BCUT2D eigenvalue weighted by atomic mass is 9.88. The molecule has 1 N–H and O–H groups in total. The first kappa shape index (κ1) is 20.4. The smallest absolute Gasteiger partial charge is 0.261 e. The van der Waals surface area contributed by atoms with Crippen molar-refractivity contribution in [2.24, 2.45) is 0 Å². The van der Waals surface area contributed by atoms with Crippen LogP contribution in [-0.4, -0.2) is 12.0 Å². The van der Waals surface area contributed by atoms with Crippen LogP contribution >= 0.6 is 0 Å². The van der Waals surface area contributed by atoms with E-state index in [2.05, 4.69) is 43.4 Å². The highest BCUT2D eigenvalue weighted by Gasteiger charge is 2.23. The fraction of sp³-hybridized carbons (Fsp3) is 0.480. The quantitative estimate of drug-likeness (QED) is 0.679. The second-order valence-electron chi connectivity index (χ2n) is 7.99. The average molecular weight is 380 g/mol. The predicted octanol–water partition coefficient (Wildman–Crippen LogP) is 5.61. The van der Waals surface area contributed by atoms with Crippen LogP contribution in [0, 0.1) is 13.8 Å². The van der Waals surface area contributed by atoms with Gasteiger partial charge < -0.3 is 10.1 Å². The van der Waals surface area contributed by atoms with Crippen molar-refractivity contribution >= 4 is 5.91 Å². The zero-order valence-corrected chi connectivity index (χ0v) is 17.7. The molecule has 150 valence electrons. The van der Waals surface area contributed by atoms with Crippen molar-refractivity contribution in [3.8, 4) is 5.75 Å². The SMILES string of the molecule is CCC(Oc1ccc(C)cc1C)C(=O)NC(CC)c1ccc2c(c1)CCCC2. The Balaban J connectivity index is 1.71. The van der Waals surface area contributed by atoms with Crippen molar-refractivity contribution in [1.29, 1.82) is 0 Å². The zero-order chi connectivity index (χ0) is 20.1. The molecule has 0 saturated carbocycles. The lowest BCUT2D eigenvalue weighted by Gasteiger charge is -2.24. The zero-order valence-electron chi connectivity index (χ0n) is 17.7. The van der Waals surface area contributed by atoms with Crippen LogP contribution in [0.1, 0.15) is 73.4 Å². The number of carbonyl (C=O) groups excluding carboxylic acids is 1. The van der Waals surface area contributed by atoms with Gasteiger partial charge in [-0.1, -0.05) is 49.7 Å². The summed E-state index contributed by atoms with van der Waals surface area (Å²) in [5, 5.41) is 3.23. The van der Waals surface area contributed by atoms with E-state index in [0.717, 1.165) is 24.2 Å². The van der Waals surface area contributed by atoms with E-state index in [9.17, 15) is 4.79 Å². The number of benzene rings is 2. The van der Waals surface area contributed by atoms with Gasteiger partial charge in [0.05, 0.1) is 6.04 Å². The van der Waals surface area contributed by atoms with Gasteiger partial charge in [-0.3, -0.25) is 4.79 Å². The molecule has 1 aliphatic rings. The molecule has 0 aromatic heterocycles. The lowest BCUT2D eigenvalue weighted by molar-refractivity contribution is -0.129. The van der Waals surface area contributed by atoms with Gasteiger partial charge in [-0.25, -0.2) is 0 Å². The molecule has 0 fully saturated rings. The standard InChI is InChI=1S/C25H33NO2/c1-5-22(21-13-12-19-9-7-8-10-20(19)16-21)26-25(27)23(6-2)28-24-14-11-17(3)15-18(24)4/h11-16,22-23H,5-10H2,1-4H3,(H,26,27). The molecular formula is C25H33NO2. The number of hydrogen-bond acceptors (Lipinski definition) is 2. The Labute approximate surface area is 169 Å². The molecule has 3 heteroatoms. The highest BCUT2D eigenvalue weighted by atomic mass is 16.5. The highest BCUT2D eigenvalue weighted by molar-refractivity contribution is 5.81. The van der Waals surface area contributed by atoms with Crippen LogP contribution < -0.4 is 10.1 Å². The van der Waals surface area contributed by atoms with Crippen molar-refractivity contribution in [3.63, 3.8) is 0 Å². The summed E-state index contributed by atoms with van der Waals surface area (Å²) in [6.45, 7) is 8.20. The predicted molar refractivity (Wildman–Crippen MR) is 115 cm³/mol. The number of amides is 1. The Hall–Kier alpha value is -2.29. The first-order chi connectivity index (χ1) is 13.5. The number of fused-ring (bicyclic) bond motifs is 1. The number of ether oxygens (including phenoxy) is 1. The molecule has 1 amide bonds. The molecule has 2 aromatic carbocycles. The number of aryl methyl sites for hydroxylation is 4. The maximum Gasteiger partial charge on any atom is 0.261 e. The van der Waals surface area contributed by atoms with Crippen LogP contribution in [0.15, 0.2) is 36.4 Å². The Morgan fingerprint density at radius 1 is 1.00 bits per heavy atom. The van der Waals surface area contributed by atoms with Gasteiger partial charge in [0.2, 0.25) is 0 Å². The molecule has 0 bridgehead atoms. The third-order valence-electron chi connectivity index (χ3n) is 5.76. The first-order valence-corrected chi connectivity index (χ1v) is 10.7. The van der Waals surface area contributed by atoms with Crippen molar-refractivity contribution < 1.29 is 9.53 Å². The molecule has 0 heterocycles. The summed E-state index contributed by atoms with van der Waals surface area (Å²) in [7, 11) is 0. The minimum Gasteiger partial charge on any atom is -0.480 e. The summed E-state index contributed by atoms with van der Waals surface area (Å²) < 4.78 is 6.07. The average Bonchev–Trinajstić information content (AvgIpc) is 2.71. The lowest BCUT2D eigenvalue weighted by Crippen LogP contribution is -2.40. The van der Waals surface area contributed by atoms with Crippen molar-refractivity contribution in [2.75, 3.05) is 0 Å².